The number of ether oxygens (including phenoxy) is 1. The van der Waals surface area contributed by atoms with Gasteiger partial charge in [-0.25, -0.2) is 8.78 Å². The van der Waals surface area contributed by atoms with Crippen molar-refractivity contribution in [3.05, 3.63) is 29.3 Å². The van der Waals surface area contributed by atoms with Crippen molar-refractivity contribution in [2.24, 2.45) is 5.92 Å². The highest BCUT2D eigenvalue weighted by molar-refractivity contribution is 6.17. The Kier molecular flexibility index (Phi) is 4.99. The number of alkyl halides is 1. The molecule has 1 fully saturated rings. The fourth-order valence-corrected chi connectivity index (χ4v) is 2.79. The second-order valence-corrected chi connectivity index (χ2v) is 5.22. The van der Waals surface area contributed by atoms with E-state index in [0.717, 1.165) is 12.8 Å². The van der Waals surface area contributed by atoms with Crippen LogP contribution >= 0.6 is 11.6 Å². The molecule has 0 amide bonds. The smallest absolute Gasteiger partial charge is 0.149 e. The van der Waals surface area contributed by atoms with Gasteiger partial charge in [-0.1, -0.05) is 0 Å². The van der Waals surface area contributed by atoms with Crippen LogP contribution in [0.25, 0.3) is 0 Å². The zero-order valence-electron chi connectivity index (χ0n) is 11.0. The average Bonchev–Trinajstić information content (AvgIpc) is 2.38. The minimum Gasteiger partial charge on any atom is -0.384 e. The molecule has 0 aliphatic carbocycles. The molecular formula is C14H18ClF2NO. The molecular weight excluding hydrogens is 272 g/mol. The third-order valence-corrected chi connectivity index (χ3v) is 3.78. The molecule has 0 N–H and O–H groups in total. The molecule has 1 aromatic rings. The molecule has 1 heterocycles. The van der Waals surface area contributed by atoms with Gasteiger partial charge in [-0.3, -0.25) is 0 Å². The van der Waals surface area contributed by atoms with Crippen molar-refractivity contribution < 1.29 is 13.5 Å². The molecule has 2 rings (SSSR count). The SMILES string of the molecule is COCC1CCCN(c2c(F)cc(CCl)cc2F)C1. The molecule has 1 unspecified atom stereocenters. The van der Waals surface area contributed by atoms with Gasteiger partial charge < -0.3 is 9.64 Å². The molecule has 0 bridgehead atoms. The molecule has 1 aliphatic rings. The summed E-state index contributed by atoms with van der Waals surface area (Å²) in [5, 5.41) is 0. The Morgan fingerprint density at radius 3 is 2.63 bits per heavy atom. The maximum atomic E-state index is 14.0. The summed E-state index contributed by atoms with van der Waals surface area (Å²) in [6.07, 6.45) is 1.96. The van der Waals surface area contributed by atoms with E-state index < -0.39 is 11.6 Å². The normalized spacial score (nSPS) is 19.8. The molecule has 1 aromatic carbocycles. The lowest BCUT2D eigenvalue weighted by atomic mass is 9.98. The van der Waals surface area contributed by atoms with Gasteiger partial charge in [0.1, 0.15) is 17.3 Å². The number of piperidine rings is 1. The highest BCUT2D eigenvalue weighted by Gasteiger charge is 2.24. The minimum absolute atomic E-state index is 0.0645. The van der Waals surface area contributed by atoms with Gasteiger partial charge in [-0.15, -0.1) is 11.6 Å². The molecule has 0 aromatic heterocycles. The summed E-state index contributed by atoms with van der Waals surface area (Å²) in [5.41, 5.74) is 0.528. The molecule has 106 valence electrons. The van der Waals surface area contributed by atoms with E-state index in [1.54, 1.807) is 12.0 Å². The van der Waals surface area contributed by atoms with Crippen molar-refractivity contribution in [2.75, 3.05) is 31.7 Å². The first-order chi connectivity index (χ1) is 9.15. The maximum absolute atomic E-state index is 14.0. The van der Waals surface area contributed by atoms with E-state index in [4.69, 9.17) is 16.3 Å². The Hall–Kier alpha value is -0.870. The Labute approximate surface area is 117 Å². The monoisotopic (exact) mass is 289 g/mol. The summed E-state index contributed by atoms with van der Waals surface area (Å²) in [7, 11) is 1.65. The van der Waals surface area contributed by atoms with Crippen LogP contribution in [-0.4, -0.2) is 26.8 Å². The number of hydrogen-bond donors (Lipinski definition) is 0. The minimum atomic E-state index is -0.534. The number of halogens is 3. The van der Waals surface area contributed by atoms with Crippen LogP contribution in [-0.2, 0) is 10.6 Å². The Bertz CT molecular complexity index is 416. The molecule has 5 heteroatoms. The van der Waals surface area contributed by atoms with E-state index in [-0.39, 0.29) is 11.6 Å². The molecule has 1 saturated heterocycles. The second-order valence-electron chi connectivity index (χ2n) is 4.95. The van der Waals surface area contributed by atoms with Gasteiger partial charge in [-0.2, -0.15) is 0 Å². The molecule has 0 saturated carbocycles. The van der Waals surface area contributed by atoms with Gasteiger partial charge in [0, 0.05) is 26.1 Å². The Morgan fingerprint density at radius 2 is 2.05 bits per heavy atom. The summed E-state index contributed by atoms with van der Waals surface area (Å²) < 4.78 is 33.2. The summed E-state index contributed by atoms with van der Waals surface area (Å²) >= 11 is 5.61. The second kappa shape index (κ2) is 6.53. The van der Waals surface area contributed by atoms with E-state index in [2.05, 4.69) is 0 Å². The first kappa shape index (κ1) is 14.5. The van der Waals surface area contributed by atoms with Crippen LogP contribution in [0.15, 0.2) is 12.1 Å². The molecule has 0 spiro atoms. The predicted molar refractivity (Wildman–Crippen MR) is 72.7 cm³/mol. The number of hydrogen-bond acceptors (Lipinski definition) is 2. The summed E-state index contributed by atoms with van der Waals surface area (Å²) in [5.74, 6) is -0.631. The lowest BCUT2D eigenvalue weighted by molar-refractivity contribution is 0.143. The lowest BCUT2D eigenvalue weighted by Gasteiger charge is -2.34. The number of rotatable bonds is 4. The molecule has 2 nitrogen and oxygen atoms in total. The van der Waals surface area contributed by atoms with Gasteiger partial charge in [0.15, 0.2) is 0 Å². The first-order valence-electron chi connectivity index (χ1n) is 6.43. The average molecular weight is 290 g/mol. The van der Waals surface area contributed by atoms with Gasteiger partial charge in [0.2, 0.25) is 0 Å². The molecule has 1 aliphatic heterocycles. The predicted octanol–water partition coefficient (Wildman–Crippen LogP) is 3.57. The van der Waals surface area contributed by atoms with Crippen molar-refractivity contribution in [3.8, 4) is 0 Å². The van der Waals surface area contributed by atoms with Gasteiger partial charge in [0.25, 0.3) is 0 Å². The van der Waals surface area contributed by atoms with Crippen molar-refractivity contribution in [2.45, 2.75) is 18.7 Å². The number of methoxy groups -OCH3 is 1. The lowest BCUT2D eigenvalue weighted by Crippen LogP contribution is -2.38. The fraction of sp³-hybridized carbons (Fsp3) is 0.571. The Balaban J connectivity index is 2.21. The van der Waals surface area contributed by atoms with Crippen LogP contribution in [0.3, 0.4) is 0 Å². The van der Waals surface area contributed by atoms with Gasteiger partial charge in [0.05, 0.1) is 6.61 Å². The fourth-order valence-electron chi connectivity index (χ4n) is 2.64. The van der Waals surface area contributed by atoms with E-state index in [1.807, 2.05) is 0 Å². The van der Waals surface area contributed by atoms with Crippen molar-refractivity contribution in [1.82, 2.24) is 0 Å². The summed E-state index contributed by atoms with van der Waals surface area (Å²) in [6, 6.07) is 2.62. The van der Waals surface area contributed by atoms with Crippen LogP contribution < -0.4 is 4.90 Å². The van der Waals surface area contributed by atoms with Crippen molar-refractivity contribution >= 4 is 17.3 Å². The summed E-state index contributed by atoms with van der Waals surface area (Å²) in [4.78, 5) is 1.77. The topological polar surface area (TPSA) is 12.5 Å². The van der Waals surface area contributed by atoms with Crippen molar-refractivity contribution in [1.29, 1.82) is 0 Å². The van der Waals surface area contributed by atoms with Crippen LogP contribution in [0.1, 0.15) is 18.4 Å². The van der Waals surface area contributed by atoms with Gasteiger partial charge in [-0.05, 0) is 36.5 Å². The number of anilines is 1. The number of benzene rings is 1. The quantitative estimate of drug-likeness (QED) is 0.786. The molecule has 19 heavy (non-hydrogen) atoms. The molecule has 0 radical (unpaired) electrons. The zero-order chi connectivity index (χ0) is 13.8. The van der Waals surface area contributed by atoms with E-state index in [1.165, 1.54) is 12.1 Å². The van der Waals surface area contributed by atoms with Gasteiger partial charge >= 0.3 is 0 Å². The van der Waals surface area contributed by atoms with E-state index >= 15 is 0 Å². The van der Waals surface area contributed by atoms with Crippen molar-refractivity contribution in [3.63, 3.8) is 0 Å². The third-order valence-electron chi connectivity index (χ3n) is 3.47. The first-order valence-corrected chi connectivity index (χ1v) is 6.97. The highest BCUT2D eigenvalue weighted by Crippen LogP contribution is 2.29. The zero-order valence-corrected chi connectivity index (χ0v) is 11.7. The largest absolute Gasteiger partial charge is 0.384 e. The number of nitrogens with zero attached hydrogens (tertiary/aromatic N) is 1. The third kappa shape index (κ3) is 3.37. The highest BCUT2D eigenvalue weighted by atomic mass is 35.5. The standard InChI is InChI=1S/C14H18ClF2NO/c1-19-9-10-3-2-4-18(8-10)14-12(16)5-11(7-15)6-13(14)17/h5-6,10H,2-4,7-9H2,1H3. The summed E-state index contributed by atoms with van der Waals surface area (Å²) in [6.45, 7) is 1.93. The van der Waals surface area contributed by atoms with Crippen LogP contribution in [0.2, 0.25) is 0 Å². The van der Waals surface area contributed by atoms with Crippen LogP contribution in [0.5, 0.6) is 0 Å². The molecule has 1 atom stereocenters. The maximum Gasteiger partial charge on any atom is 0.149 e. The van der Waals surface area contributed by atoms with E-state index in [0.29, 0.717) is 31.2 Å². The Morgan fingerprint density at radius 1 is 1.37 bits per heavy atom. The van der Waals surface area contributed by atoms with Crippen LogP contribution in [0.4, 0.5) is 14.5 Å². The van der Waals surface area contributed by atoms with E-state index in [9.17, 15) is 8.78 Å². The van der Waals surface area contributed by atoms with Crippen LogP contribution in [0, 0.1) is 17.6 Å².